The maximum atomic E-state index is 14.3. The molecule has 0 atom stereocenters. The standard InChI is InChI=1S/C24H15FN4O2/c1-14-8-15(12-27-11-14)29-21-13-31-22-6-3-7-28-23(22)18(21)9-17(24(29)30)16-4-2-5-20(25)19(16)10-26/h2-9,11-12H,13H2,1H3. The Morgan fingerprint density at radius 3 is 2.81 bits per heavy atom. The van der Waals surface area contributed by atoms with Crippen molar-refractivity contribution in [2.45, 2.75) is 13.5 Å². The molecule has 31 heavy (non-hydrogen) atoms. The van der Waals surface area contributed by atoms with Crippen LogP contribution >= 0.6 is 0 Å². The van der Waals surface area contributed by atoms with Gasteiger partial charge in [0.1, 0.15) is 29.9 Å². The number of nitrogens with zero attached hydrogens (tertiary/aromatic N) is 4. The number of aromatic nitrogens is 3. The lowest BCUT2D eigenvalue weighted by Crippen LogP contribution is -2.27. The molecule has 4 aromatic rings. The fourth-order valence-corrected chi connectivity index (χ4v) is 3.85. The Labute approximate surface area is 176 Å². The van der Waals surface area contributed by atoms with Crippen molar-refractivity contribution in [2.24, 2.45) is 0 Å². The van der Waals surface area contributed by atoms with E-state index in [4.69, 9.17) is 4.74 Å². The quantitative estimate of drug-likeness (QED) is 0.495. The van der Waals surface area contributed by atoms with Gasteiger partial charge in [-0.25, -0.2) is 4.39 Å². The molecule has 1 aliphatic heterocycles. The van der Waals surface area contributed by atoms with E-state index in [2.05, 4.69) is 9.97 Å². The Kier molecular flexibility index (Phi) is 4.33. The number of benzene rings is 1. The maximum Gasteiger partial charge on any atom is 0.263 e. The molecule has 0 fully saturated rings. The molecule has 0 amide bonds. The number of ether oxygens (including phenoxy) is 1. The lowest BCUT2D eigenvalue weighted by molar-refractivity contribution is 0.292. The summed E-state index contributed by atoms with van der Waals surface area (Å²) in [6.07, 6.45) is 4.92. The minimum absolute atomic E-state index is 0.158. The fraction of sp³-hybridized carbons (Fsp3) is 0.0833. The van der Waals surface area contributed by atoms with E-state index < -0.39 is 11.4 Å². The zero-order valence-electron chi connectivity index (χ0n) is 16.5. The average molecular weight is 410 g/mol. The van der Waals surface area contributed by atoms with E-state index >= 15 is 0 Å². The molecule has 0 saturated carbocycles. The van der Waals surface area contributed by atoms with Gasteiger partial charge in [0, 0.05) is 29.1 Å². The van der Waals surface area contributed by atoms with Gasteiger partial charge in [0.15, 0.2) is 0 Å². The second-order valence-electron chi connectivity index (χ2n) is 7.19. The predicted molar refractivity (Wildman–Crippen MR) is 112 cm³/mol. The normalized spacial score (nSPS) is 11.8. The summed E-state index contributed by atoms with van der Waals surface area (Å²) < 4.78 is 21.7. The molecule has 6 nitrogen and oxygen atoms in total. The molecule has 0 spiro atoms. The second kappa shape index (κ2) is 7.18. The van der Waals surface area contributed by atoms with Gasteiger partial charge in [0.25, 0.3) is 5.56 Å². The van der Waals surface area contributed by atoms with Crippen molar-refractivity contribution in [3.05, 3.63) is 94.0 Å². The van der Waals surface area contributed by atoms with E-state index in [9.17, 15) is 14.4 Å². The van der Waals surface area contributed by atoms with Crippen LogP contribution in [0.1, 0.15) is 16.8 Å². The zero-order chi connectivity index (χ0) is 21.5. The summed E-state index contributed by atoms with van der Waals surface area (Å²) in [6.45, 7) is 2.04. The van der Waals surface area contributed by atoms with Gasteiger partial charge in [-0.1, -0.05) is 12.1 Å². The highest BCUT2D eigenvalue weighted by Gasteiger charge is 2.26. The summed E-state index contributed by atoms with van der Waals surface area (Å²) in [5.74, 6) is -0.0870. The summed E-state index contributed by atoms with van der Waals surface area (Å²) >= 11 is 0. The molecule has 0 aliphatic carbocycles. The van der Waals surface area contributed by atoms with Crippen LogP contribution in [0.3, 0.4) is 0 Å². The van der Waals surface area contributed by atoms with Crippen molar-refractivity contribution < 1.29 is 9.13 Å². The molecule has 1 aliphatic rings. The number of hydrogen-bond acceptors (Lipinski definition) is 5. The van der Waals surface area contributed by atoms with Crippen LogP contribution in [-0.2, 0) is 6.61 Å². The second-order valence-corrected chi connectivity index (χ2v) is 7.19. The smallest absolute Gasteiger partial charge is 0.263 e. The van der Waals surface area contributed by atoms with Crippen LogP contribution in [0, 0.1) is 24.1 Å². The Morgan fingerprint density at radius 1 is 1.13 bits per heavy atom. The molecule has 0 radical (unpaired) electrons. The number of hydrogen-bond donors (Lipinski definition) is 0. The lowest BCUT2D eigenvalue weighted by atomic mass is 9.96. The first-order chi connectivity index (χ1) is 15.1. The number of fused-ring (bicyclic) bond motifs is 3. The highest BCUT2D eigenvalue weighted by Crippen LogP contribution is 2.38. The van der Waals surface area contributed by atoms with E-state index in [-0.39, 0.29) is 23.3 Å². The maximum absolute atomic E-state index is 14.3. The van der Waals surface area contributed by atoms with E-state index in [1.54, 1.807) is 42.9 Å². The largest absolute Gasteiger partial charge is 0.485 e. The highest BCUT2D eigenvalue weighted by molar-refractivity contribution is 5.79. The molecule has 7 heteroatoms. The molecule has 0 saturated heterocycles. The first-order valence-electron chi connectivity index (χ1n) is 9.56. The third kappa shape index (κ3) is 2.97. The van der Waals surface area contributed by atoms with E-state index in [1.807, 2.05) is 19.1 Å². The minimum atomic E-state index is -0.678. The van der Waals surface area contributed by atoms with Gasteiger partial charge in [-0.15, -0.1) is 0 Å². The third-order valence-electron chi connectivity index (χ3n) is 5.23. The van der Waals surface area contributed by atoms with E-state index in [1.165, 1.54) is 16.7 Å². The summed E-state index contributed by atoms with van der Waals surface area (Å²) in [7, 11) is 0. The summed E-state index contributed by atoms with van der Waals surface area (Å²) in [6, 6.07) is 13.2. The van der Waals surface area contributed by atoms with Crippen molar-refractivity contribution in [1.29, 1.82) is 5.26 Å². The van der Waals surface area contributed by atoms with Crippen LogP contribution < -0.4 is 10.3 Å². The van der Waals surface area contributed by atoms with Crippen LogP contribution in [-0.4, -0.2) is 14.5 Å². The highest BCUT2D eigenvalue weighted by atomic mass is 19.1. The Hall–Kier alpha value is -4.31. The molecule has 3 aromatic heterocycles. The molecule has 150 valence electrons. The van der Waals surface area contributed by atoms with Crippen molar-refractivity contribution in [2.75, 3.05) is 0 Å². The zero-order valence-corrected chi connectivity index (χ0v) is 16.5. The number of nitriles is 1. The number of rotatable bonds is 2. The summed E-state index contributed by atoms with van der Waals surface area (Å²) in [5.41, 5.74) is 3.17. The molecule has 5 rings (SSSR count). The molecule has 0 bridgehead atoms. The molecular formula is C24H15FN4O2. The van der Waals surface area contributed by atoms with Crippen LogP contribution in [0.25, 0.3) is 28.1 Å². The molecule has 0 unspecified atom stereocenters. The van der Waals surface area contributed by atoms with Crippen molar-refractivity contribution in [3.63, 3.8) is 0 Å². The van der Waals surface area contributed by atoms with Gasteiger partial charge in [0.05, 0.1) is 23.1 Å². The number of aryl methyl sites for hydroxylation is 1. The van der Waals surface area contributed by atoms with Crippen molar-refractivity contribution in [1.82, 2.24) is 14.5 Å². The third-order valence-corrected chi connectivity index (χ3v) is 5.23. The molecule has 0 N–H and O–H groups in total. The molecular weight excluding hydrogens is 395 g/mol. The van der Waals surface area contributed by atoms with Crippen molar-refractivity contribution >= 4 is 0 Å². The average Bonchev–Trinajstić information content (AvgIpc) is 2.78. The van der Waals surface area contributed by atoms with Crippen LogP contribution in [0.2, 0.25) is 0 Å². The first kappa shape index (κ1) is 18.7. The van der Waals surface area contributed by atoms with Crippen LogP contribution in [0.4, 0.5) is 4.39 Å². The minimum Gasteiger partial charge on any atom is -0.485 e. The lowest BCUT2D eigenvalue weighted by Gasteiger charge is -2.24. The van der Waals surface area contributed by atoms with Gasteiger partial charge in [-0.2, -0.15) is 5.26 Å². The first-order valence-corrected chi connectivity index (χ1v) is 9.56. The van der Waals surface area contributed by atoms with Gasteiger partial charge < -0.3 is 4.74 Å². The SMILES string of the molecule is Cc1cncc(-n2c3c(cc(-c4cccc(F)c4C#N)c2=O)-c2ncccc2OC3)c1. The fourth-order valence-electron chi connectivity index (χ4n) is 3.85. The molecule has 4 heterocycles. The number of halogens is 1. The summed E-state index contributed by atoms with van der Waals surface area (Å²) in [5, 5.41) is 9.53. The summed E-state index contributed by atoms with van der Waals surface area (Å²) in [4.78, 5) is 22.3. The van der Waals surface area contributed by atoms with Gasteiger partial charge in [-0.3, -0.25) is 19.3 Å². The van der Waals surface area contributed by atoms with Gasteiger partial charge in [0.2, 0.25) is 0 Å². The van der Waals surface area contributed by atoms with Gasteiger partial charge >= 0.3 is 0 Å². The van der Waals surface area contributed by atoms with Gasteiger partial charge in [-0.05, 0) is 42.8 Å². The Morgan fingerprint density at radius 2 is 2.00 bits per heavy atom. The topological polar surface area (TPSA) is 80.8 Å². The Bertz CT molecular complexity index is 1450. The monoisotopic (exact) mass is 410 g/mol. The van der Waals surface area contributed by atoms with Crippen LogP contribution in [0.15, 0.2) is 65.8 Å². The number of pyridine rings is 3. The van der Waals surface area contributed by atoms with Crippen molar-refractivity contribution in [3.8, 4) is 39.9 Å². The Balaban J connectivity index is 1.91. The van der Waals surface area contributed by atoms with E-state index in [0.717, 1.165) is 5.56 Å². The van der Waals surface area contributed by atoms with Crippen LogP contribution in [0.5, 0.6) is 5.75 Å². The van der Waals surface area contributed by atoms with E-state index in [0.29, 0.717) is 28.4 Å². The predicted octanol–water partition coefficient (Wildman–Crippen LogP) is 4.17. The molecule has 1 aromatic carbocycles.